The first-order valence-electron chi connectivity index (χ1n) is 9.75. The van der Waals surface area contributed by atoms with Gasteiger partial charge in [-0.15, -0.1) is 12.4 Å². The van der Waals surface area contributed by atoms with Crippen molar-refractivity contribution in [2.75, 3.05) is 36.4 Å². The molecule has 4 rings (SSSR count). The molecule has 0 atom stereocenters. The van der Waals surface area contributed by atoms with E-state index in [9.17, 15) is 14.9 Å². The Kier molecular flexibility index (Phi) is 7.28. The summed E-state index contributed by atoms with van der Waals surface area (Å²) >= 11 is 0. The predicted molar refractivity (Wildman–Crippen MR) is 121 cm³/mol. The Hall–Kier alpha value is -3.36. The van der Waals surface area contributed by atoms with Crippen LogP contribution in [0.1, 0.15) is 16.1 Å². The van der Waals surface area contributed by atoms with Crippen LogP contribution in [0.15, 0.2) is 71.1 Å². The summed E-state index contributed by atoms with van der Waals surface area (Å²) in [7, 11) is 0. The highest BCUT2D eigenvalue weighted by atomic mass is 35.5. The molecule has 3 aromatic rings. The second-order valence-corrected chi connectivity index (χ2v) is 7.14. The Morgan fingerprint density at radius 2 is 1.65 bits per heavy atom. The molecule has 1 fully saturated rings. The molecule has 162 valence electrons. The van der Waals surface area contributed by atoms with Crippen LogP contribution in [-0.2, 0) is 6.54 Å². The summed E-state index contributed by atoms with van der Waals surface area (Å²) in [6.07, 6.45) is 0. The minimum atomic E-state index is -0.675. The van der Waals surface area contributed by atoms with Crippen molar-refractivity contribution in [1.29, 1.82) is 0 Å². The van der Waals surface area contributed by atoms with Gasteiger partial charge in [-0.2, -0.15) is 0 Å². The summed E-state index contributed by atoms with van der Waals surface area (Å²) in [5, 5.41) is 13.4. The molecule has 1 aromatic heterocycles. The maximum Gasteiger partial charge on any atom is 0.433 e. The van der Waals surface area contributed by atoms with Gasteiger partial charge in [0.05, 0.1) is 6.07 Å². The highest BCUT2D eigenvalue weighted by Crippen LogP contribution is 2.22. The average Bonchev–Trinajstić information content (AvgIpc) is 3.27. The summed E-state index contributed by atoms with van der Waals surface area (Å²) in [4.78, 5) is 26.9. The molecule has 1 N–H and O–H groups in total. The molecule has 0 saturated carbocycles. The van der Waals surface area contributed by atoms with Gasteiger partial charge in [-0.25, -0.2) is 0 Å². The number of nitrogens with zero attached hydrogens (tertiary/aromatic N) is 3. The largest absolute Gasteiger partial charge is 0.433 e. The molecular formula is C22H23ClN4O4. The topological polar surface area (TPSA) is 91.9 Å². The van der Waals surface area contributed by atoms with Gasteiger partial charge in [-0.05, 0) is 35.9 Å². The predicted octanol–water partition coefficient (Wildman–Crippen LogP) is 4.18. The lowest BCUT2D eigenvalue weighted by atomic mass is 10.2. The van der Waals surface area contributed by atoms with Crippen molar-refractivity contribution < 1.29 is 14.1 Å². The molecule has 0 unspecified atom stereocenters. The van der Waals surface area contributed by atoms with Crippen molar-refractivity contribution in [3.8, 4) is 0 Å². The van der Waals surface area contributed by atoms with Crippen LogP contribution in [0, 0.1) is 10.1 Å². The zero-order valence-electron chi connectivity index (χ0n) is 16.8. The number of hydrogen-bond acceptors (Lipinski definition) is 6. The smallest absolute Gasteiger partial charge is 0.395 e. The van der Waals surface area contributed by atoms with Crippen molar-refractivity contribution in [2.24, 2.45) is 0 Å². The number of carbonyl (C=O) groups is 1. The third-order valence-corrected chi connectivity index (χ3v) is 5.11. The van der Waals surface area contributed by atoms with Crippen LogP contribution < -0.4 is 10.2 Å². The molecule has 0 radical (unpaired) electrons. The van der Waals surface area contributed by atoms with Gasteiger partial charge in [0.15, 0.2) is 5.76 Å². The molecule has 0 bridgehead atoms. The Bertz CT molecular complexity index is 1020. The van der Waals surface area contributed by atoms with E-state index < -0.39 is 16.7 Å². The van der Waals surface area contributed by atoms with E-state index in [2.05, 4.69) is 39.4 Å². The number of halogens is 1. The van der Waals surface area contributed by atoms with Crippen LogP contribution >= 0.6 is 12.4 Å². The van der Waals surface area contributed by atoms with E-state index in [0.717, 1.165) is 44.5 Å². The first kappa shape index (κ1) is 22.3. The maximum atomic E-state index is 12.2. The van der Waals surface area contributed by atoms with E-state index in [1.807, 2.05) is 30.3 Å². The number of carbonyl (C=O) groups excluding carboxylic acids is 1. The second-order valence-electron chi connectivity index (χ2n) is 7.14. The summed E-state index contributed by atoms with van der Waals surface area (Å²) in [5.41, 5.74) is 3.03. The number of amides is 1. The Morgan fingerprint density at radius 3 is 2.26 bits per heavy atom. The minimum absolute atomic E-state index is 0. The van der Waals surface area contributed by atoms with Gasteiger partial charge in [-0.1, -0.05) is 30.3 Å². The van der Waals surface area contributed by atoms with Gasteiger partial charge in [0.25, 0.3) is 5.91 Å². The molecule has 31 heavy (non-hydrogen) atoms. The molecule has 2 heterocycles. The molecule has 1 aliphatic heterocycles. The van der Waals surface area contributed by atoms with Crippen LogP contribution in [0.3, 0.4) is 0 Å². The van der Waals surface area contributed by atoms with Crippen LogP contribution in [-0.4, -0.2) is 41.9 Å². The Labute approximate surface area is 186 Å². The molecular weight excluding hydrogens is 420 g/mol. The van der Waals surface area contributed by atoms with Crippen molar-refractivity contribution in [1.82, 2.24) is 4.90 Å². The Balaban J connectivity index is 0.00000272. The zero-order chi connectivity index (χ0) is 20.9. The van der Waals surface area contributed by atoms with Gasteiger partial charge in [0.1, 0.15) is 4.92 Å². The standard InChI is InChI=1S/C22H22N4O4.ClH/c27-22(20-10-11-21(30-20)26(28)29)23-18-6-8-19(9-7-18)25-14-12-24(13-15-25)16-17-4-2-1-3-5-17;/h1-11H,12-16H2,(H,23,27);1H. The average molecular weight is 443 g/mol. The van der Waals surface area contributed by atoms with Gasteiger partial charge in [0, 0.05) is 44.1 Å². The van der Waals surface area contributed by atoms with Gasteiger partial charge in [0.2, 0.25) is 0 Å². The first-order chi connectivity index (χ1) is 14.6. The number of piperazine rings is 1. The SMILES string of the molecule is Cl.O=C(Nc1ccc(N2CCN(Cc3ccccc3)CC2)cc1)c1ccc([N+](=O)[O-])o1. The molecule has 9 heteroatoms. The monoisotopic (exact) mass is 442 g/mol. The molecule has 0 aliphatic carbocycles. The fourth-order valence-corrected chi connectivity index (χ4v) is 3.50. The van der Waals surface area contributed by atoms with E-state index in [1.54, 1.807) is 0 Å². The van der Waals surface area contributed by atoms with E-state index in [-0.39, 0.29) is 18.2 Å². The number of rotatable bonds is 6. The summed E-state index contributed by atoms with van der Waals surface area (Å²) in [6, 6.07) is 20.5. The second kappa shape index (κ2) is 10.1. The quantitative estimate of drug-likeness (QED) is 0.454. The Morgan fingerprint density at radius 1 is 0.968 bits per heavy atom. The fraction of sp³-hybridized carbons (Fsp3) is 0.227. The normalized spacial score (nSPS) is 14.0. The van der Waals surface area contributed by atoms with Crippen LogP contribution in [0.5, 0.6) is 0 Å². The lowest BCUT2D eigenvalue weighted by molar-refractivity contribution is -0.402. The van der Waals surface area contributed by atoms with Gasteiger partial charge < -0.3 is 14.6 Å². The van der Waals surface area contributed by atoms with E-state index in [4.69, 9.17) is 4.42 Å². The number of nitro groups is 1. The van der Waals surface area contributed by atoms with E-state index in [0.29, 0.717) is 5.69 Å². The highest BCUT2D eigenvalue weighted by molar-refractivity contribution is 6.02. The number of furan rings is 1. The molecule has 1 aliphatic rings. The third kappa shape index (κ3) is 5.62. The van der Waals surface area contributed by atoms with Gasteiger partial charge in [-0.3, -0.25) is 19.8 Å². The third-order valence-electron chi connectivity index (χ3n) is 5.11. The van der Waals surface area contributed by atoms with Crippen LogP contribution in [0.25, 0.3) is 0 Å². The van der Waals surface area contributed by atoms with E-state index >= 15 is 0 Å². The lowest BCUT2D eigenvalue weighted by Gasteiger charge is -2.36. The minimum Gasteiger partial charge on any atom is -0.395 e. The number of anilines is 2. The van der Waals surface area contributed by atoms with E-state index in [1.165, 1.54) is 11.6 Å². The molecule has 8 nitrogen and oxygen atoms in total. The molecule has 2 aromatic carbocycles. The zero-order valence-corrected chi connectivity index (χ0v) is 17.6. The summed E-state index contributed by atoms with van der Waals surface area (Å²) in [6.45, 7) is 4.82. The van der Waals surface area contributed by atoms with Gasteiger partial charge >= 0.3 is 5.88 Å². The maximum absolute atomic E-state index is 12.2. The van der Waals surface area contributed by atoms with Crippen LogP contribution in [0.4, 0.5) is 17.3 Å². The fourth-order valence-electron chi connectivity index (χ4n) is 3.50. The first-order valence-corrected chi connectivity index (χ1v) is 9.75. The van der Waals surface area contributed by atoms with Crippen molar-refractivity contribution in [2.45, 2.75) is 6.54 Å². The summed E-state index contributed by atoms with van der Waals surface area (Å²) < 4.78 is 4.93. The molecule has 1 saturated heterocycles. The van der Waals surface area contributed by atoms with Crippen LogP contribution in [0.2, 0.25) is 0 Å². The van der Waals surface area contributed by atoms with Crippen molar-refractivity contribution >= 4 is 35.6 Å². The molecule has 1 amide bonds. The molecule has 0 spiro atoms. The number of hydrogen-bond donors (Lipinski definition) is 1. The van der Waals surface area contributed by atoms with Crippen molar-refractivity contribution in [3.63, 3.8) is 0 Å². The highest BCUT2D eigenvalue weighted by Gasteiger charge is 2.19. The lowest BCUT2D eigenvalue weighted by Crippen LogP contribution is -2.45. The number of nitrogens with one attached hydrogen (secondary N) is 1. The summed E-state index contributed by atoms with van der Waals surface area (Å²) in [5.74, 6) is -1.08. The number of benzene rings is 2. The van der Waals surface area contributed by atoms with Crippen molar-refractivity contribution in [3.05, 3.63) is 88.2 Å².